The standard InChI is InChI=1S/C30H24FNO6/c31-24-9-3-20(4-10-24)17-32(29(34)23-8-12-27-28(16-23)38-18-37-27)14-13-19-1-5-21(6-2-19)22-7-11-26(33)25(15-22)30(35)36/h1-12,15-16,33H,13-14,17-18H2,(H,35,36). The van der Waals surface area contributed by atoms with Crippen molar-refractivity contribution in [2.45, 2.75) is 13.0 Å². The van der Waals surface area contributed by atoms with E-state index in [1.165, 1.54) is 24.3 Å². The first-order chi connectivity index (χ1) is 18.4. The van der Waals surface area contributed by atoms with Crippen LogP contribution in [0.2, 0.25) is 0 Å². The van der Waals surface area contributed by atoms with E-state index in [1.54, 1.807) is 41.3 Å². The van der Waals surface area contributed by atoms with Crippen LogP contribution in [0.25, 0.3) is 11.1 Å². The zero-order valence-corrected chi connectivity index (χ0v) is 20.3. The van der Waals surface area contributed by atoms with Gasteiger partial charge in [-0.2, -0.15) is 0 Å². The van der Waals surface area contributed by atoms with Crippen LogP contribution >= 0.6 is 0 Å². The van der Waals surface area contributed by atoms with E-state index in [9.17, 15) is 24.2 Å². The predicted octanol–water partition coefficient (Wildman–Crippen LogP) is 5.51. The summed E-state index contributed by atoms with van der Waals surface area (Å²) in [6, 6.07) is 23.2. The highest BCUT2D eigenvalue weighted by Gasteiger charge is 2.21. The Bertz CT molecular complexity index is 1480. The van der Waals surface area contributed by atoms with E-state index >= 15 is 0 Å². The second-order valence-electron chi connectivity index (χ2n) is 8.91. The number of aromatic carboxylic acids is 1. The van der Waals surface area contributed by atoms with E-state index in [-0.39, 0.29) is 29.8 Å². The molecule has 38 heavy (non-hydrogen) atoms. The summed E-state index contributed by atoms with van der Waals surface area (Å²) in [6.07, 6.45) is 0.563. The molecule has 5 rings (SSSR count). The first-order valence-corrected chi connectivity index (χ1v) is 12.0. The monoisotopic (exact) mass is 513 g/mol. The van der Waals surface area contributed by atoms with Gasteiger partial charge in [0.25, 0.3) is 5.91 Å². The molecule has 2 N–H and O–H groups in total. The minimum atomic E-state index is -1.20. The number of carbonyl (C=O) groups is 2. The normalized spacial score (nSPS) is 11.8. The zero-order valence-electron chi connectivity index (χ0n) is 20.3. The van der Waals surface area contributed by atoms with Gasteiger partial charge < -0.3 is 24.6 Å². The van der Waals surface area contributed by atoms with Crippen LogP contribution < -0.4 is 9.47 Å². The summed E-state index contributed by atoms with van der Waals surface area (Å²) in [5, 5.41) is 19.0. The van der Waals surface area contributed by atoms with Crippen LogP contribution in [0.5, 0.6) is 17.2 Å². The van der Waals surface area contributed by atoms with Gasteiger partial charge in [-0.1, -0.05) is 42.5 Å². The number of fused-ring (bicyclic) bond motifs is 1. The van der Waals surface area contributed by atoms with E-state index in [1.807, 2.05) is 24.3 Å². The highest BCUT2D eigenvalue weighted by molar-refractivity contribution is 5.95. The number of carboxylic acids is 1. The van der Waals surface area contributed by atoms with Crippen molar-refractivity contribution >= 4 is 11.9 Å². The molecule has 0 saturated heterocycles. The Balaban J connectivity index is 1.33. The molecule has 0 unspecified atom stereocenters. The first kappa shape index (κ1) is 24.8. The van der Waals surface area contributed by atoms with Crippen LogP contribution in [0.3, 0.4) is 0 Å². The number of benzene rings is 4. The van der Waals surface area contributed by atoms with Crippen molar-refractivity contribution in [1.29, 1.82) is 0 Å². The van der Waals surface area contributed by atoms with Gasteiger partial charge in [0.2, 0.25) is 6.79 Å². The number of ether oxygens (including phenoxy) is 2. The maximum absolute atomic E-state index is 13.5. The van der Waals surface area contributed by atoms with E-state index in [2.05, 4.69) is 0 Å². The number of hydrogen-bond acceptors (Lipinski definition) is 5. The molecule has 0 aliphatic carbocycles. The molecule has 7 nitrogen and oxygen atoms in total. The summed E-state index contributed by atoms with van der Waals surface area (Å²) < 4.78 is 24.2. The highest BCUT2D eigenvalue weighted by Crippen LogP contribution is 2.33. The molecular weight excluding hydrogens is 489 g/mol. The summed E-state index contributed by atoms with van der Waals surface area (Å²) >= 11 is 0. The van der Waals surface area contributed by atoms with Gasteiger partial charge in [-0.05, 0) is 71.1 Å². The van der Waals surface area contributed by atoms with Crippen molar-refractivity contribution in [2.24, 2.45) is 0 Å². The third-order valence-electron chi connectivity index (χ3n) is 6.38. The molecule has 4 aromatic rings. The molecule has 1 amide bonds. The Kier molecular flexibility index (Phi) is 6.95. The lowest BCUT2D eigenvalue weighted by molar-refractivity contribution is 0.0692. The van der Waals surface area contributed by atoms with Crippen LogP contribution in [-0.2, 0) is 13.0 Å². The first-order valence-electron chi connectivity index (χ1n) is 12.0. The molecule has 0 saturated carbocycles. The van der Waals surface area contributed by atoms with Gasteiger partial charge in [0.1, 0.15) is 17.1 Å². The minimum absolute atomic E-state index is 0.115. The molecule has 1 aliphatic rings. The number of halogens is 1. The maximum atomic E-state index is 13.5. The lowest BCUT2D eigenvalue weighted by Crippen LogP contribution is -2.32. The van der Waals surface area contributed by atoms with Gasteiger partial charge in [-0.15, -0.1) is 0 Å². The van der Waals surface area contributed by atoms with Crippen molar-refractivity contribution in [3.8, 4) is 28.4 Å². The molecule has 0 fully saturated rings. The number of phenols is 1. The molecule has 0 bridgehead atoms. The van der Waals surface area contributed by atoms with E-state index in [4.69, 9.17) is 9.47 Å². The third kappa shape index (κ3) is 5.44. The van der Waals surface area contributed by atoms with Crippen molar-refractivity contribution < 1.29 is 33.7 Å². The largest absolute Gasteiger partial charge is 0.507 e. The topological polar surface area (TPSA) is 96.3 Å². The Morgan fingerprint density at radius 1 is 0.816 bits per heavy atom. The highest BCUT2D eigenvalue weighted by atomic mass is 19.1. The zero-order chi connectivity index (χ0) is 26.6. The smallest absolute Gasteiger partial charge is 0.339 e. The van der Waals surface area contributed by atoms with Crippen molar-refractivity contribution in [1.82, 2.24) is 4.90 Å². The molecule has 0 aromatic heterocycles. The van der Waals surface area contributed by atoms with E-state index < -0.39 is 5.97 Å². The lowest BCUT2D eigenvalue weighted by Gasteiger charge is -2.23. The fraction of sp³-hybridized carbons (Fsp3) is 0.133. The lowest BCUT2D eigenvalue weighted by atomic mass is 10.0. The number of carboxylic acid groups (broad SMARTS) is 1. The number of hydrogen-bond donors (Lipinski definition) is 2. The quantitative estimate of drug-likeness (QED) is 0.323. The van der Waals surface area contributed by atoms with Crippen LogP contribution in [0.1, 0.15) is 31.8 Å². The number of aromatic hydroxyl groups is 1. The molecule has 4 aromatic carbocycles. The predicted molar refractivity (Wildman–Crippen MR) is 138 cm³/mol. The fourth-order valence-electron chi connectivity index (χ4n) is 4.29. The number of nitrogens with zero attached hydrogens (tertiary/aromatic N) is 1. The van der Waals surface area contributed by atoms with Crippen molar-refractivity contribution in [3.05, 3.63) is 113 Å². The van der Waals surface area contributed by atoms with Gasteiger partial charge >= 0.3 is 5.97 Å². The third-order valence-corrected chi connectivity index (χ3v) is 6.38. The van der Waals surface area contributed by atoms with Gasteiger partial charge in [-0.25, -0.2) is 9.18 Å². The number of amides is 1. The van der Waals surface area contributed by atoms with E-state index in [0.717, 1.165) is 16.7 Å². The summed E-state index contributed by atoms with van der Waals surface area (Å²) in [5.41, 5.74) is 3.56. The molecular formula is C30H24FNO6. The van der Waals surface area contributed by atoms with Crippen LogP contribution in [0.15, 0.2) is 84.9 Å². The Labute approximate surface area is 218 Å². The Morgan fingerprint density at radius 3 is 2.24 bits per heavy atom. The average molecular weight is 514 g/mol. The average Bonchev–Trinajstić information content (AvgIpc) is 3.40. The molecule has 0 atom stereocenters. The summed E-state index contributed by atoms with van der Waals surface area (Å²) in [7, 11) is 0. The molecule has 0 spiro atoms. The number of carbonyl (C=O) groups excluding carboxylic acids is 1. The van der Waals surface area contributed by atoms with Crippen LogP contribution in [0, 0.1) is 5.82 Å². The van der Waals surface area contributed by atoms with Gasteiger partial charge in [0.15, 0.2) is 11.5 Å². The molecule has 192 valence electrons. The maximum Gasteiger partial charge on any atom is 0.339 e. The van der Waals surface area contributed by atoms with E-state index in [0.29, 0.717) is 42.1 Å². The Morgan fingerprint density at radius 2 is 1.50 bits per heavy atom. The van der Waals surface area contributed by atoms with Gasteiger partial charge in [0, 0.05) is 18.7 Å². The van der Waals surface area contributed by atoms with Crippen molar-refractivity contribution in [3.63, 3.8) is 0 Å². The van der Waals surface area contributed by atoms with Crippen LogP contribution in [0.4, 0.5) is 4.39 Å². The van der Waals surface area contributed by atoms with Crippen LogP contribution in [-0.4, -0.2) is 40.3 Å². The number of rotatable bonds is 8. The molecule has 1 aliphatic heterocycles. The second kappa shape index (κ2) is 10.6. The summed E-state index contributed by atoms with van der Waals surface area (Å²) in [4.78, 5) is 26.5. The minimum Gasteiger partial charge on any atom is -0.507 e. The molecule has 1 heterocycles. The van der Waals surface area contributed by atoms with Gasteiger partial charge in [0.05, 0.1) is 0 Å². The van der Waals surface area contributed by atoms with Gasteiger partial charge in [-0.3, -0.25) is 4.79 Å². The summed E-state index contributed by atoms with van der Waals surface area (Å²) in [5.74, 6) is -0.897. The van der Waals surface area contributed by atoms with Crippen molar-refractivity contribution in [2.75, 3.05) is 13.3 Å². The fourth-order valence-corrected chi connectivity index (χ4v) is 4.29. The SMILES string of the molecule is O=C(O)c1cc(-c2ccc(CCN(Cc3ccc(F)cc3)C(=O)c3ccc4c(c3)OCO4)cc2)ccc1O. The molecule has 8 heteroatoms. The molecule has 0 radical (unpaired) electrons. The second-order valence-corrected chi connectivity index (χ2v) is 8.91. The Hall–Kier alpha value is -4.85. The summed E-state index contributed by atoms with van der Waals surface area (Å²) in [6.45, 7) is 0.827.